The number of halogens is 2. The first-order valence-corrected chi connectivity index (χ1v) is 12.9. The maximum atomic E-state index is 12.7. The average Bonchev–Trinajstić information content (AvgIpc) is 3.20. The molecular formula is C22H13Br2N3O5S2. The molecule has 1 heterocycles. The number of thioether (sulfide) groups is 1. The van der Waals surface area contributed by atoms with Crippen molar-refractivity contribution in [1.82, 2.24) is 4.98 Å². The van der Waals surface area contributed by atoms with Crippen LogP contribution in [-0.2, 0) is 5.75 Å². The predicted molar refractivity (Wildman–Crippen MR) is 139 cm³/mol. The van der Waals surface area contributed by atoms with Gasteiger partial charge in [-0.15, -0.1) is 11.3 Å². The van der Waals surface area contributed by atoms with Crippen LogP contribution < -0.4 is 5.32 Å². The van der Waals surface area contributed by atoms with Gasteiger partial charge in [0.1, 0.15) is 5.56 Å². The molecule has 0 spiro atoms. The van der Waals surface area contributed by atoms with Crippen LogP contribution in [-0.4, -0.2) is 26.9 Å². The molecule has 34 heavy (non-hydrogen) atoms. The summed E-state index contributed by atoms with van der Waals surface area (Å²) >= 11 is 10.1. The number of benzene rings is 3. The highest BCUT2D eigenvalue weighted by molar-refractivity contribution is 9.11. The zero-order chi connectivity index (χ0) is 24.4. The minimum Gasteiger partial charge on any atom is -0.477 e. The lowest BCUT2D eigenvalue weighted by Gasteiger charge is -2.08. The van der Waals surface area contributed by atoms with Gasteiger partial charge in [0.25, 0.3) is 11.6 Å². The molecule has 8 nitrogen and oxygen atoms in total. The SMILES string of the molecule is O=C(Nc1ccc2nc(SCc3ccc(Br)cc3Br)sc2c1)c1cccc([N+](=O)[O-])c1C(=O)O. The number of carbonyl (C=O) groups excluding carboxylic acids is 1. The summed E-state index contributed by atoms with van der Waals surface area (Å²) in [5.74, 6) is -1.57. The number of carbonyl (C=O) groups is 2. The van der Waals surface area contributed by atoms with Crippen LogP contribution >= 0.6 is 55.0 Å². The molecule has 0 atom stereocenters. The molecule has 2 N–H and O–H groups in total. The number of hydrogen-bond acceptors (Lipinski definition) is 7. The quantitative estimate of drug-likeness (QED) is 0.130. The van der Waals surface area contributed by atoms with Crippen molar-refractivity contribution in [3.05, 3.63) is 90.3 Å². The molecule has 4 rings (SSSR count). The number of carboxylic acid groups (broad SMARTS) is 1. The van der Waals surface area contributed by atoms with Gasteiger partial charge in [0.15, 0.2) is 4.34 Å². The van der Waals surface area contributed by atoms with Crippen molar-refractivity contribution in [2.24, 2.45) is 0 Å². The molecule has 12 heteroatoms. The minimum absolute atomic E-state index is 0.289. The molecule has 1 aromatic heterocycles. The summed E-state index contributed by atoms with van der Waals surface area (Å²) in [5.41, 5.74) is 0.742. The molecule has 172 valence electrons. The Morgan fingerprint density at radius 1 is 1.15 bits per heavy atom. The molecule has 0 aliphatic carbocycles. The van der Waals surface area contributed by atoms with Crippen molar-refractivity contribution in [2.45, 2.75) is 10.1 Å². The third-order valence-electron chi connectivity index (χ3n) is 4.69. The van der Waals surface area contributed by atoms with E-state index in [0.717, 1.165) is 40.9 Å². The molecule has 3 aromatic carbocycles. The number of aromatic nitrogens is 1. The smallest absolute Gasteiger partial charge is 0.343 e. The van der Waals surface area contributed by atoms with Gasteiger partial charge in [-0.05, 0) is 42.0 Å². The lowest BCUT2D eigenvalue weighted by molar-refractivity contribution is -0.385. The van der Waals surface area contributed by atoms with Crippen molar-refractivity contribution in [1.29, 1.82) is 0 Å². The first kappa shape index (κ1) is 24.3. The van der Waals surface area contributed by atoms with Gasteiger partial charge in [0.05, 0.1) is 20.7 Å². The largest absolute Gasteiger partial charge is 0.477 e. The van der Waals surface area contributed by atoms with Gasteiger partial charge in [-0.3, -0.25) is 14.9 Å². The standard InChI is InChI=1S/C22H13Br2N3O5S2/c23-12-5-4-11(15(24)8-12)10-33-22-26-16-7-6-13(9-18(16)34-22)25-20(28)14-2-1-3-17(27(31)32)19(14)21(29)30/h1-9H,10H2,(H,25,28)(H,29,30). The van der Waals surface area contributed by atoms with Crippen molar-refractivity contribution in [3.63, 3.8) is 0 Å². The number of hydrogen-bond donors (Lipinski definition) is 2. The van der Waals surface area contributed by atoms with Gasteiger partial charge >= 0.3 is 5.97 Å². The molecule has 0 bridgehead atoms. The van der Waals surface area contributed by atoms with Crippen LogP contribution in [0.4, 0.5) is 11.4 Å². The van der Waals surface area contributed by atoms with Crippen LogP contribution in [0, 0.1) is 10.1 Å². The average molecular weight is 623 g/mol. The number of nitrogens with zero attached hydrogens (tertiary/aromatic N) is 2. The first-order chi connectivity index (χ1) is 16.2. The Balaban J connectivity index is 1.54. The van der Waals surface area contributed by atoms with E-state index in [9.17, 15) is 24.8 Å². The van der Waals surface area contributed by atoms with Gasteiger partial charge in [0.2, 0.25) is 0 Å². The van der Waals surface area contributed by atoms with E-state index in [-0.39, 0.29) is 5.56 Å². The highest BCUT2D eigenvalue weighted by Crippen LogP contribution is 2.35. The van der Waals surface area contributed by atoms with E-state index in [1.165, 1.54) is 23.5 Å². The number of thiazole rings is 1. The zero-order valence-corrected chi connectivity index (χ0v) is 21.8. The summed E-state index contributed by atoms with van der Waals surface area (Å²) in [6.07, 6.45) is 0. The molecular weight excluding hydrogens is 610 g/mol. The fourth-order valence-electron chi connectivity index (χ4n) is 3.13. The fraction of sp³-hybridized carbons (Fsp3) is 0.0455. The summed E-state index contributed by atoms with van der Waals surface area (Å²) < 4.78 is 3.69. The van der Waals surface area contributed by atoms with E-state index in [1.807, 2.05) is 18.2 Å². The van der Waals surface area contributed by atoms with E-state index >= 15 is 0 Å². The monoisotopic (exact) mass is 621 g/mol. The number of anilines is 1. The second kappa shape index (κ2) is 10.2. The number of rotatable bonds is 7. The summed E-state index contributed by atoms with van der Waals surface area (Å²) in [5, 5.41) is 23.2. The van der Waals surface area contributed by atoms with Crippen molar-refractivity contribution < 1.29 is 19.6 Å². The topological polar surface area (TPSA) is 122 Å². The van der Waals surface area contributed by atoms with Crippen LogP contribution in [0.5, 0.6) is 0 Å². The maximum absolute atomic E-state index is 12.7. The summed E-state index contributed by atoms with van der Waals surface area (Å²) in [4.78, 5) is 39.3. The number of nitro groups is 1. The number of nitrogens with one attached hydrogen (secondary N) is 1. The molecule has 0 unspecified atom stereocenters. The van der Waals surface area contributed by atoms with Crippen molar-refractivity contribution in [3.8, 4) is 0 Å². The van der Waals surface area contributed by atoms with Gasteiger partial charge in [0, 0.05) is 26.5 Å². The van der Waals surface area contributed by atoms with Crippen LogP contribution in [0.3, 0.4) is 0 Å². The van der Waals surface area contributed by atoms with E-state index < -0.39 is 28.1 Å². The highest BCUT2D eigenvalue weighted by atomic mass is 79.9. The highest BCUT2D eigenvalue weighted by Gasteiger charge is 2.27. The van der Waals surface area contributed by atoms with E-state index in [0.29, 0.717) is 5.69 Å². The maximum Gasteiger partial charge on any atom is 0.343 e. The molecule has 0 saturated heterocycles. The van der Waals surface area contributed by atoms with E-state index in [4.69, 9.17) is 0 Å². The van der Waals surface area contributed by atoms with E-state index in [1.54, 1.807) is 30.0 Å². The second-order valence-electron chi connectivity index (χ2n) is 6.90. The lowest BCUT2D eigenvalue weighted by Crippen LogP contribution is -2.17. The second-order valence-corrected chi connectivity index (χ2v) is 10.9. The Labute approximate surface area is 217 Å². The summed E-state index contributed by atoms with van der Waals surface area (Å²) in [6, 6.07) is 14.7. The molecule has 0 aliphatic heterocycles. The molecule has 1 amide bonds. The molecule has 0 saturated carbocycles. The number of nitro benzene ring substituents is 1. The predicted octanol–water partition coefficient (Wildman–Crippen LogP) is 6.97. The zero-order valence-electron chi connectivity index (χ0n) is 17.0. The summed E-state index contributed by atoms with van der Waals surface area (Å²) in [6.45, 7) is 0. The van der Waals surface area contributed by atoms with Crippen LogP contribution in [0.25, 0.3) is 10.2 Å². The van der Waals surface area contributed by atoms with Crippen molar-refractivity contribution in [2.75, 3.05) is 5.32 Å². The van der Waals surface area contributed by atoms with Crippen LogP contribution in [0.15, 0.2) is 67.9 Å². The molecule has 4 aromatic rings. The number of aromatic carboxylic acids is 1. The normalized spacial score (nSPS) is 10.9. The summed E-state index contributed by atoms with van der Waals surface area (Å²) in [7, 11) is 0. The molecule has 0 radical (unpaired) electrons. The minimum atomic E-state index is -1.55. The van der Waals surface area contributed by atoms with E-state index in [2.05, 4.69) is 42.2 Å². The van der Waals surface area contributed by atoms with Gasteiger partial charge in [-0.1, -0.05) is 55.8 Å². The van der Waals surface area contributed by atoms with Crippen LogP contribution in [0.1, 0.15) is 26.3 Å². The number of fused-ring (bicyclic) bond motifs is 1. The van der Waals surface area contributed by atoms with Crippen LogP contribution in [0.2, 0.25) is 0 Å². The Morgan fingerprint density at radius 3 is 2.65 bits per heavy atom. The Kier molecular flexibility index (Phi) is 7.31. The Morgan fingerprint density at radius 2 is 1.94 bits per heavy atom. The molecule has 0 fully saturated rings. The lowest BCUT2D eigenvalue weighted by atomic mass is 10.0. The Hall–Kier alpha value is -2.80. The first-order valence-electron chi connectivity index (χ1n) is 9.52. The third kappa shape index (κ3) is 5.30. The number of carboxylic acids is 1. The fourth-order valence-corrected chi connectivity index (χ4v) is 6.61. The van der Waals surface area contributed by atoms with Gasteiger partial charge in [-0.2, -0.15) is 0 Å². The third-order valence-corrected chi connectivity index (χ3v) is 8.13. The molecule has 0 aliphatic rings. The van der Waals surface area contributed by atoms with Crippen molar-refractivity contribution >= 4 is 88.4 Å². The Bertz CT molecular complexity index is 1460. The van der Waals surface area contributed by atoms with Gasteiger partial charge < -0.3 is 10.4 Å². The number of amides is 1. The van der Waals surface area contributed by atoms with Gasteiger partial charge in [-0.25, -0.2) is 9.78 Å².